The summed E-state index contributed by atoms with van der Waals surface area (Å²) in [6.07, 6.45) is 1.43. The van der Waals surface area contributed by atoms with Gasteiger partial charge >= 0.3 is 5.97 Å². The molecule has 1 aromatic heterocycles. The van der Waals surface area contributed by atoms with E-state index < -0.39 is 5.97 Å². The van der Waals surface area contributed by atoms with Gasteiger partial charge in [0, 0.05) is 24.9 Å². The van der Waals surface area contributed by atoms with E-state index in [0.29, 0.717) is 11.1 Å². The first-order valence-corrected chi connectivity index (χ1v) is 6.41. The highest BCUT2D eigenvalue weighted by atomic mass is 16.5. The van der Waals surface area contributed by atoms with Crippen molar-refractivity contribution in [2.45, 2.75) is 13.5 Å². The number of carbonyl (C=O) groups is 2. The maximum absolute atomic E-state index is 11.9. The van der Waals surface area contributed by atoms with Gasteiger partial charge in [0.15, 0.2) is 5.78 Å². The number of esters is 1. The molecule has 108 valence electrons. The highest BCUT2D eigenvalue weighted by Crippen LogP contribution is 2.09. The number of carbonyl (C=O) groups excluding carboxylic acids is 2. The van der Waals surface area contributed by atoms with Crippen molar-refractivity contribution in [2.75, 3.05) is 0 Å². The molecule has 0 spiro atoms. The van der Waals surface area contributed by atoms with Crippen LogP contribution >= 0.6 is 0 Å². The van der Waals surface area contributed by atoms with Gasteiger partial charge in [-0.15, -0.1) is 0 Å². The molecule has 0 N–H and O–H groups in total. The second-order valence-corrected chi connectivity index (χ2v) is 4.70. The molecule has 1 aromatic carbocycles. The molecule has 1 heterocycles. The molecule has 2 rings (SSSR count). The fourth-order valence-corrected chi connectivity index (χ4v) is 1.83. The first-order valence-electron chi connectivity index (χ1n) is 6.41. The zero-order valence-corrected chi connectivity index (χ0v) is 11.8. The van der Waals surface area contributed by atoms with Gasteiger partial charge in [0.05, 0.1) is 5.56 Å². The van der Waals surface area contributed by atoms with Gasteiger partial charge in [-0.3, -0.25) is 9.59 Å². The number of pyridine rings is 1. The average Bonchev–Trinajstić information content (AvgIpc) is 2.48. The van der Waals surface area contributed by atoms with E-state index in [0.717, 1.165) is 5.56 Å². The van der Waals surface area contributed by atoms with Crippen molar-refractivity contribution in [1.82, 2.24) is 4.57 Å². The Kier molecular flexibility index (Phi) is 4.33. The molecule has 0 aliphatic carbocycles. The second kappa shape index (κ2) is 6.17. The van der Waals surface area contributed by atoms with Crippen LogP contribution in [-0.4, -0.2) is 16.3 Å². The van der Waals surface area contributed by atoms with Crippen molar-refractivity contribution in [3.63, 3.8) is 0 Å². The highest BCUT2D eigenvalue weighted by molar-refractivity contribution is 5.94. The largest absolute Gasteiger partial charge is 0.457 e. The van der Waals surface area contributed by atoms with Gasteiger partial charge in [-0.05, 0) is 24.6 Å². The number of ether oxygens (including phenoxy) is 1. The number of hydrogen-bond donors (Lipinski definition) is 0. The summed E-state index contributed by atoms with van der Waals surface area (Å²) < 4.78 is 6.49. The zero-order valence-electron chi connectivity index (χ0n) is 11.8. The summed E-state index contributed by atoms with van der Waals surface area (Å²) in [5.41, 5.74) is 1.42. The Labute approximate surface area is 121 Å². The summed E-state index contributed by atoms with van der Waals surface area (Å²) in [6, 6.07) is 9.66. The first-order chi connectivity index (χ1) is 9.97. The minimum absolute atomic E-state index is 0.0405. The number of Topliss-reactive ketones (excluding diaryl/α,β-unsaturated/α-hetero) is 1. The van der Waals surface area contributed by atoms with E-state index in [1.54, 1.807) is 31.3 Å². The van der Waals surface area contributed by atoms with Gasteiger partial charge in [0.25, 0.3) is 0 Å². The molecule has 0 aliphatic rings. The van der Waals surface area contributed by atoms with Gasteiger partial charge < -0.3 is 9.30 Å². The number of hydrogen-bond acceptors (Lipinski definition) is 4. The third kappa shape index (κ3) is 3.66. The topological polar surface area (TPSA) is 65.4 Å². The van der Waals surface area contributed by atoms with Crippen LogP contribution in [0.4, 0.5) is 0 Å². The molecule has 2 aromatic rings. The van der Waals surface area contributed by atoms with Gasteiger partial charge in [-0.25, -0.2) is 4.79 Å². The third-order valence-corrected chi connectivity index (χ3v) is 3.02. The SMILES string of the molecule is CC(=O)c1cccc(COC(=O)c2ccc(=O)n(C)c2)c1. The van der Waals surface area contributed by atoms with E-state index in [2.05, 4.69) is 0 Å². The highest BCUT2D eigenvalue weighted by Gasteiger charge is 2.09. The molecule has 5 nitrogen and oxygen atoms in total. The summed E-state index contributed by atoms with van der Waals surface area (Å²) in [5.74, 6) is -0.555. The van der Waals surface area contributed by atoms with Crippen molar-refractivity contribution in [2.24, 2.45) is 7.05 Å². The second-order valence-electron chi connectivity index (χ2n) is 4.70. The summed E-state index contributed by atoms with van der Waals surface area (Å²) in [7, 11) is 1.56. The molecular weight excluding hydrogens is 270 g/mol. The number of benzene rings is 1. The van der Waals surface area contributed by atoms with E-state index in [4.69, 9.17) is 4.74 Å². The van der Waals surface area contributed by atoms with E-state index in [-0.39, 0.29) is 17.9 Å². The van der Waals surface area contributed by atoms with Crippen molar-refractivity contribution in [3.05, 3.63) is 69.6 Å². The van der Waals surface area contributed by atoms with Crippen LogP contribution in [0.1, 0.15) is 33.2 Å². The number of aryl methyl sites for hydroxylation is 1. The Hall–Kier alpha value is -2.69. The third-order valence-electron chi connectivity index (χ3n) is 3.02. The van der Waals surface area contributed by atoms with Crippen LogP contribution in [0.15, 0.2) is 47.4 Å². The monoisotopic (exact) mass is 285 g/mol. The van der Waals surface area contributed by atoms with E-state index in [9.17, 15) is 14.4 Å². The summed E-state index contributed by atoms with van der Waals surface area (Å²) in [4.78, 5) is 34.4. The van der Waals surface area contributed by atoms with Gasteiger partial charge in [0.1, 0.15) is 6.61 Å². The smallest absolute Gasteiger partial charge is 0.339 e. The Bertz CT molecular complexity index is 746. The lowest BCUT2D eigenvalue weighted by molar-refractivity contribution is 0.0471. The molecule has 0 saturated carbocycles. The molecule has 0 saturated heterocycles. The minimum atomic E-state index is -0.515. The van der Waals surface area contributed by atoms with Crippen LogP contribution in [0.5, 0.6) is 0 Å². The minimum Gasteiger partial charge on any atom is -0.457 e. The van der Waals surface area contributed by atoms with Crippen LogP contribution in [0, 0.1) is 0 Å². The molecule has 0 fully saturated rings. The van der Waals surface area contributed by atoms with Crippen LogP contribution < -0.4 is 5.56 Å². The fourth-order valence-electron chi connectivity index (χ4n) is 1.83. The number of rotatable bonds is 4. The van der Waals surface area contributed by atoms with E-state index in [1.807, 2.05) is 0 Å². The van der Waals surface area contributed by atoms with Crippen molar-refractivity contribution in [3.8, 4) is 0 Å². The van der Waals surface area contributed by atoms with E-state index >= 15 is 0 Å². The summed E-state index contributed by atoms with van der Waals surface area (Å²) in [5, 5.41) is 0. The molecule has 0 amide bonds. The van der Waals surface area contributed by atoms with Gasteiger partial charge in [0.2, 0.25) is 5.56 Å². The summed E-state index contributed by atoms with van der Waals surface area (Å²) in [6.45, 7) is 1.55. The molecule has 21 heavy (non-hydrogen) atoms. The van der Waals surface area contributed by atoms with Crippen molar-refractivity contribution >= 4 is 11.8 Å². The van der Waals surface area contributed by atoms with Crippen LogP contribution in [0.2, 0.25) is 0 Å². The molecule has 5 heteroatoms. The molecule has 0 radical (unpaired) electrons. The number of ketones is 1. The fraction of sp³-hybridized carbons (Fsp3) is 0.188. The molecular formula is C16H15NO4. The number of nitrogens with zero attached hydrogens (tertiary/aromatic N) is 1. The first kappa shape index (κ1) is 14.7. The van der Waals surface area contributed by atoms with E-state index in [1.165, 1.54) is 29.8 Å². The maximum atomic E-state index is 11.9. The Morgan fingerprint density at radius 1 is 1.14 bits per heavy atom. The van der Waals surface area contributed by atoms with Gasteiger partial charge in [-0.2, -0.15) is 0 Å². The van der Waals surface area contributed by atoms with Crippen LogP contribution in [-0.2, 0) is 18.4 Å². The lowest BCUT2D eigenvalue weighted by atomic mass is 10.1. The van der Waals surface area contributed by atoms with Crippen molar-refractivity contribution in [1.29, 1.82) is 0 Å². The summed E-state index contributed by atoms with van der Waals surface area (Å²) >= 11 is 0. The van der Waals surface area contributed by atoms with Crippen molar-refractivity contribution < 1.29 is 14.3 Å². The Morgan fingerprint density at radius 2 is 1.90 bits per heavy atom. The Balaban J connectivity index is 2.07. The lowest BCUT2D eigenvalue weighted by Crippen LogP contribution is -2.17. The zero-order chi connectivity index (χ0) is 15.4. The average molecular weight is 285 g/mol. The standard InChI is InChI=1S/C16H15NO4/c1-11(18)13-5-3-4-12(8-13)10-21-16(20)14-6-7-15(19)17(2)9-14/h3-9H,10H2,1-2H3. The maximum Gasteiger partial charge on any atom is 0.339 e. The lowest BCUT2D eigenvalue weighted by Gasteiger charge is -2.07. The molecule has 0 aliphatic heterocycles. The molecule has 0 atom stereocenters. The quantitative estimate of drug-likeness (QED) is 0.636. The molecule has 0 unspecified atom stereocenters. The predicted octanol–water partition coefficient (Wildman–Crippen LogP) is 1.94. The van der Waals surface area contributed by atoms with Crippen LogP contribution in [0.25, 0.3) is 0 Å². The number of aromatic nitrogens is 1. The predicted molar refractivity (Wildman–Crippen MR) is 77.2 cm³/mol. The molecule has 0 bridgehead atoms. The van der Waals surface area contributed by atoms with Crippen LogP contribution in [0.3, 0.4) is 0 Å². The Morgan fingerprint density at radius 3 is 2.57 bits per heavy atom. The normalized spacial score (nSPS) is 10.2. The van der Waals surface area contributed by atoms with Gasteiger partial charge in [-0.1, -0.05) is 18.2 Å².